The highest BCUT2D eigenvalue weighted by Crippen LogP contribution is 2.24. The van der Waals surface area contributed by atoms with Crippen LogP contribution in [0.15, 0.2) is 23.1 Å². The Hall–Kier alpha value is -1.44. The van der Waals surface area contributed by atoms with Crippen molar-refractivity contribution >= 4 is 15.9 Å². The summed E-state index contributed by atoms with van der Waals surface area (Å²) in [6.45, 7) is 10.9. The van der Waals surface area contributed by atoms with Crippen LogP contribution in [0.2, 0.25) is 0 Å². The number of benzene rings is 1. The van der Waals surface area contributed by atoms with Crippen molar-refractivity contribution in [3.63, 3.8) is 0 Å². The van der Waals surface area contributed by atoms with E-state index in [0.717, 1.165) is 32.2 Å². The zero-order valence-electron chi connectivity index (χ0n) is 17.0. The maximum Gasteiger partial charge on any atom is 0.251 e. The molecule has 3 N–H and O–H groups in total. The average molecular weight is 397 g/mol. The first-order valence-electron chi connectivity index (χ1n) is 9.85. The van der Waals surface area contributed by atoms with E-state index in [4.69, 9.17) is 0 Å². The molecule has 1 saturated heterocycles. The number of hydrogen-bond acceptors (Lipinski definition) is 3. The normalized spacial score (nSPS) is 16.3. The number of sulfonamides is 1. The van der Waals surface area contributed by atoms with Crippen LogP contribution in [0.25, 0.3) is 0 Å². The van der Waals surface area contributed by atoms with E-state index in [9.17, 15) is 13.2 Å². The Morgan fingerprint density at radius 3 is 2.48 bits per heavy atom. The van der Waals surface area contributed by atoms with E-state index in [1.54, 1.807) is 23.4 Å². The third kappa shape index (κ3) is 6.30. The molecular formula is C20H34N3O3S+. The molecule has 27 heavy (non-hydrogen) atoms. The van der Waals surface area contributed by atoms with Gasteiger partial charge in [-0.2, -0.15) is 4.31 Å². The maximum atomic E-state index is 13.0. The molecule has 1 aromatic carbocycles. The molecule has 6 nitrogen and oxygen atoms in total. The van der Waals surface area contributed by atoms with E-state index in [0.29, 0.717) is 30.8 Å². The Morgan fingerprint density at radius 1 is 1.19 bits per heavy atom. The monoisotopic (exact) mass is 396 g/mol. The van der Waals surface area contributed by atoms with Gasteiger partial charge in [0, 0.05) is 31.6 Å². The summed E-state index contributed by atoms with van der Waals surface area (Å²) in [5.41, 5.74) is 1.26. The van der Waals surface area contributed by atoms with Gasteiger partial charge >= 0.3 is 0 Å². The predicted molar refractivity (Wildman–Crippen MR) is 107 cm³/mol. The largest absolute Gasteiger partial charge is 0.352 e. The molecule has 1 aliphatic rings. The van der Waals surface area contributed by atoms with Gasteiger partial charge in [-0.25, -0.2) is 8.42 Å². The van der Waals surface area contributed by atoms with Crippen LogP contribution in [0.5, 0.6) is 0 Å². The van der Waals surface area contributed by atoms with Gasteiger partial charge in [0.15, 0.2) is 0 Å². The summed E-state index contributed by atoms with van der Waals surface area (Å²) in [5.74, 6) is -0.221. The number of piperidine rings is 1. The van der Waals surface area contributed by atoms with E-state index in [1.165, 1.54) is 6.07 Å². The van der Waals surface area contributed by atoms with Gasteiger partial charge in [0.1, 0.15) is 0 Å². The Morgan fingerprint density at radius 2 is 1.85 bits per heavy atom. The number of nitrogens with zero attached hydrogens (tertiary/aromatic N) is 1. The Bertz CT molecular complexity index is 748. The minimum Gasteiger partial charge on any atom is -0.352 e. The smallest absolute Gasteiger partial charge is 0.251 e. The standard InChI is InChI=1S/C20H33N3O3S/c1-16-9-10-17(19(24)21-11-8-12-22-20(2,3)4)15-18(16)27(25,26)23-13-6-5-7-14-23/h9-10,15,22H,5-8,11-14H2,1-4H3,(H,21,24)/p+1. The maximum absolute atomic E-state index is 13.0. The summed E-state index contributed by atoms with van der Waals surface area (Å²) in [7, 11) is -3.55. The van der Waals surface area contributed by atoms with Crippen molar-refractivity contribution in [1.29, 1.82) is 0 Å². The molecule has 0 saturated carbocycles. The lowest BCUT2D eigenvalue weighted by molar-refractivity contribution is -0.717. The molecule has 0 unspecified atom stereocenters. The van der Waals surface area contributed by atoms with E-state index in [1.807, 2.05) is 0 Å². The van der Waals surface area contributed by atoms with Crippen molar-refractivity contribution in [1.82, 2.24) is 9.62 Å². The number of rotatable bonds is 7. The molecule has 1 heterocycles. The van der Waals surface area contributed by atoms with Crippen LogP contribution in [0.1, 0.15) is 62.4 Å². The fourth-order valence-electron chi connectivity index (χ4n) is 3.20. The van der Waals surface area contributed by atoms with Crippen LogP contribution in [0.3, 0.4) is 0 Å². The van der Waals surface area contributed by atoms with Gasteiger partial charge in [0.25, 0.3) is 5.91 Å². The first-order valence-corrected chi connectivity index (χ1v) is 11.3. The minimum absolute atomic E-state index is 0.179. The third-order valence-corrected chi connectivity index (χ3v) is 6.85. The molecule has 0 aromatic heterocycles. The highest BCUT2D eigenvalue weighted by molar-refractivity contribution is 7.89. The van der Waals surface area contributed by atoms with Crippen LogP contribution < -0.4 is 10.6 Å². The van der Waals surface area contributed by atoms with E-state index in [2.05, 4.69) is 31.4 Å². The fraction of sp³-hybridized carbons (Fsp3) is 0.650. The van der Waals surface area contributed by atoms with Crippen LogP contribution in [0.4, 0.5) is 0 Å². The molecule has 0 atom stereocenters. The lowest BCUT2D eigenvalue weighted by Gasteiger charge is -2.26. The number of nitrogens with one attached hydrogen (secondary N) is 1. The predicted octanol–water partition coefficient (Wildman–Crippen LogP) is 1.65. The Labute approximate surface area is 163 Å². The number of carbonyl (C=O) groups is 1. The van der Waals surface area contributed by atoms with Crippen LogP contribution in [0, 0.1) is 6.92 Å². The minimum atomic E-state index is -3.55. The summed E-state index contributed by atoms with van der Waals surface area (Å²) in [6, 6.07) is 4.94. The van der Waals surface area contributed by atoms with E-state index < -0.39 is 10.0 Å². The van der Waals surface area contributed by atoms with Crippen LogP contribution in [-0.2, 0) is 10.0 Å². The lowest BCUT2D eigenvalue weighted by atomic mass is 10.1. The van der Waals surface area contributed by atoms with Crippen molar-refractivity contribution in [2.45, 2.75) is 63.8 Å². The SMILES string of the molecule is Cc1ccc(C(=O)NCCC[NH2+]C(C)(C)C)cc1S(=O)(=O)N1CCCCC1. The Balaban J connectivity index is 2.02. The van der Waals surface area contributed by atoms with Gasteiger partial charge in [0.2, 0.25) is 10.0 Å². The topological polar surface area (TPSA) is 83.1 Å². The molecule has 0 radical (unpaired) electrons. The molecule has 1 fully saturated rings. The number of aryl methyl sites for hydroxylation is 1. The first kappa shape index (κ1) is 21.9. The number of quaternary nitrogens is 1. The number of carbonyl (C=O) groups excluding carboxylic acids is 1. The molecule has 1 amide bonds. The van der Waals surface area contributed by atoms with Crippen molar-refractivity contribution in [2.75, 3.05) is 26.2 Å². The van der Waals surface area contributed by atoms with Gasteiger partial charge in [0.05, 0.1) is 17.0 Å². The molecule has 152 valence electrons. The molecule has 0 bridgehead atoms. The zero-order valence-corrected chi connectivity index (χ0v) is 17.9. The number of hydrogen-bond donors (Lipinski definition) is 2. The summed E-state index contributed by atoms with van der Waals surface area (Å²) < 4.78 is 27.5. The number of amides is 1. The van der Waals surface area contributed by atoms with Gasteiger partial charge < -0.3 is 10.6 Å². The summed E-state index contributed by atoms with van der Waals surface area (Å²) in [6.07, 6.45) is 3.72. The second-order valence-electron chi connectivity index (χ2n) is 8.41. The fourth-order valence-corrected chi connectivity index (χ4v) is 4.97. The molecule has 0 aliphatic carbocycles. The van der Waals surface area contributed by atoms with Crippen molar-refractivity contribution in [3.05, 3.63) is 29.3 Å². The highest BCUT2D eigenvalue weighted by atomic mass is 32.2. The second-order valence-corrected chi connectivity index (χ2v) is 10.3. The van der Waals surface area contributed by atoms with Crippen molar-refractivity contribution < 1.29 is 18.5 Å². The summed E-state index contributed by atoms with van der Waals surface area (Å²) in [5, 5.41) is 5.14. The third-order valence-electron chi connectivity index (χ3n) is 4.81. The van der Waals surface area contributed by atoms with Gasteiger partial charge in [-0.15, -0.1) is 0 Å². The van der Waals surface area contributed by atoms with E-state index >= 15 is 0 Å². The molecule has 7 heteroatoms. The summed E-state index contributed by atoms with van der Waals surface area (Å²) >= 11 is 0. The van der Waals surface area contributed by atoms with Crippen LogP contribution >= 0.6 is 0 Å². The van der Waals surface area contributed by atoms with Crippen molar-refractivity contribution in [2.24, 2.45) is 0 Å². The van der Waals surface area contributed by atoms with Gasteiger partial charge in [-0.3, -0.25) is 4.79 Å². The second kappa shape index (κ2) is 9.17. The molecule has 0 spiro atoms. The molecule has 1 aliphatic heterocycles. The Kier molecular flexibility index (Phi) is 7.42. The molecule has 2 rings (SSSR count). The highest BCUT2D eigenvalue weighted by Gasteiger charge is 2.28. The molecule has 1 aromatic rings. The quantitative estimate of drug-likeness (QED) is 0.688. The van der Waals surface area contributed by atoms with E-state index in [-0.39, 0.29) is 16.3 Å². The average Bonchev–Trinajstić information content (AvgIpc) is 2.61. The zero-order chi connectivity index (χ0) is 20.1. The first-order chi connectivity index (χ1) is 12.6. The van der Waals surface area contributed by atoms with Crippen molar-refractivity contribution in [3.8, 4) is 0 Å². The van der Waals surface area contributed by atoms with Gasteiger partial charge in [-0.1, -0.05) is 12.5 Å². The number of nitrogens with two attached hydrogens (primary N) is 1. The summed E-state index contributed by atoms with van der Waals surface area (Å²) in [4.78, 5) is 12.7. The van der Waals surface area contributed by atoms with Crippen LogP contribution in [-0.4, -0.2) is 50.3 Å². The van der Waals surface area contributed by atoms with Gasteiger partial charge in [-0.05, 0) is 58.2 Å². The molecular weight excluding hydrogens is 362 g/mol. The lowest BCUT2D eigenvalue weighted by Crippen LogP contribution is -2.94.